The molecule has 0 saturated heterocycles. The van der Waals surface area contributed by atoms with Gasteiger partial charge in [-0.2, -0.15) is 0 Å². The summed E-state index contributed by atoms with van der Waals surface area (Å²) in [4.78, 5) is 12.1. The van der Waals surface area contributed by atoms with Crippen LogP contribution in [0.3, 0.4) is 0 Å². The number of carbonyl (C=O) groups excluding carboxylic acids is 1. The molecule has 2 aromatic rings. The Kier molecular flexibility index (Phi) is 4.83. The number of rotatable bonds is 5. The molecule has 1 aliphatic carbocycles. The van der Waals surface area contributed by atoms with Crippen LogP contribution in [0.25, 0.3) is 0 Å². The van der Waals surface area contributed by atoms with Crippen molar-refractivity contribution in [2.24, 2.45) is 5.92 Å². The molecule has 3 rings (SSSR count). The van der Waals surface area contributed by atoms with Crippen LogP contribution in [0.2, 0.25) is 0 Å². The number of amides is 1. The molecule has 1 aliphatic rings. The summed E-state index contributed by atoms with van der Waals surface area (Å²) in [6.07, 6.45) is 2.74. The van der Waals surface area contributed by atoms with Gasteiger partial charge < -0.3 is 15.7 Å². The van der Waals surface area contributed by atoms with E-state index in [9.17, 15) is 9.90 Å². The minimum Gasteiger partial charge on any atom is -0.393 e. The van der Waals surface area contributed by atoms with E-state index in [-0.39, 0.29) is 23.6 Å². The van der Waals surface area contributed by atoms with E-state index in [1.165, 1.54) is 0 Å². The zero-order valence-corrected chi connectivity index (χ0v) is 12.8. The Balaban J connectivity index is 1.55. The van der Waals surface area contributed by atoms with E-state index >= 15 is 0 Å². The molecule has 120 valence electrons. The molecule has 1 saturated carbocycles. The number of anilines is 2. The molecule has 0 aliphatic heterocycles. The van der Waals surface area contributed by atoms with Crippen LogP contribution in [0, 0.1) is 5.92 Å². The predicted octanol–water partition coefficient (Wildman–Crippen LogP) is 2.30. The van der Waals surface area contributed by atoms with Crippen LogP contribution in [0.15, 0.2) is 42.5 Å². The standard InChI is InChI=1S/C17H20N4O2/c22-15-8-4-5-12(15)11-18-16-10-9-14(20-21-16)17(23)19-13-6-2-1-3-7-13/h1-3,6-7,9-10,12,15,22H,4-5,8,11H2,(H,18,21)(H,19,23). The molecule has 1 aromatic carbocycles. The van der Waals surface area contributed by atoms with Gasteiger partial charge in [-0.25, -0.2) is 0 Å². The van der Waals surface area contributed by atoms with Crippen molar-refractivity contribution in [1.29, 1.82) is 0 Å². The summed E-state index contributed by atoms with van der Waals surface area (Å²) in [5, 5.41) is 23.7. The van der Waals surface area contributed by atoms with Gasteiger partial charge in [0.05, 0.1) is 6.10 Å². The average molecular weight is 312 g/mol. The van der Waals surface area contributed by atoms with Gasteiger partial charge in [-0.1, -0.05) is 24.6 Å². The number of para-hydroxylation sites is 1. The number of benzene rings is 1. The molecule has 0 spiro atoms. The zero-order valence-electron chi connectivity index (χ0n) is 12.8. The highest BCUT2D eigenvalue weighted by atomic mass is 16.3. The summed E-state index contributed by atoms with van der Waals surface area (Å²) < 4.78 is 0. The number of hydrogen-bond donors (Lipinski definition) is 3. The lowest BCUT2D eigenvalue weighted by Gasteiger charge is -2.15. The fourth-order valence-corrected chi connectivity index (χ4v) is 2.76. The third kappa shape index (κ3) is 4.04. The van der Waals surface area contributed by atoms with Crippen LogP contribution in [0.5, 0.6) is 0 Å². The molecule has 6 heteroatoms. The Morgan fingerprint density at radius 2 is 1.96 bits per heavy atom. The fourth-order valence-electron chi connectivity index (χ4n) is 2.76. The van der Waals surface area contributed by atoms with Crippen molar-refractivity contribution in [3.8, 4) is 0 Å². The molecule has 0 radical (unpaired) electrons. The van der Waals surface area contributed by atoms with Gasteiger partial charge in [-0.05, 0) is 37.1 Å². The quantitative estimate of drug-likeness (QED) is 0.788. The van der Waals surface area contributed by atoms with E-state index < -0.39 is 0 Å². The van der Waals surface area contributed by atoms with Crippen LogP contribution in [-0.2, 0) is 0 Å². The second kappa shape index (κ2) is 7.19. The maximum atomic E-state index is 12.1. The number of aliphatic hydroxyl groups is 1. The van der Waals surface area contributed by atoms with E-state index in [1.807, 2.05) is 30.3 Å². The van der Waals surface area contributed by atoms with Crippen LogP contribution in [-0.4, -0.2) is 33.9 Å². The van der Waals surface area contributed by atoms with Crippen molar-refractivity contribution in [1.82, 2.24) is 10.2 Å². The first kappa shape index (κ1) is 15.4. The lowest BCUT2D eigenvalue weighted by atomic mass is 10.1. The highest BCUT2D eigenvalue weighted by molar-refractivity contribution is 6.02. The summed E-state index contributed by atoms with van der Waals surface area (Å²) in [6.45, 7) is 0.672. The monoisotopic (exact) mass is 312 g/mol. The van der Waals surface area contributed by atoms with E-state index in [0.29, 0.717) is 12.4 Å². The summed E-state index contributed by atoms with van der Waals surface area (Å²) in [5.74, 6) is 0.583. The smallest absolute Gasteiger partial charge is 0.276 e. The van der Waals surface area contributed by atoms with Gasteiger partial charge in [0, 0.05) is 18.2 Å². The highest BCUT2D eigenvalue weighted by Crippen LogP contribution is 2.25. The second-order valence-corrected chi connectivity index (χ2v) is 5.76. The summed E-state index contributed by atoms with van der Waals surface area (Å²) >= 11 is 0. The van der Waals surface area contributed by atoms with Crippen molar-refractivity contribution in [2.45, 2.75) is 25.4 Å². The molecule has 6 nitrogen and oxygen atoms in total. The van der Waals surface area contributed by atoms with E-state index in [0.717, 1.165) is 24.9 Å². The topological polar surface area (TPSA) is 87.1 Å². The van der Waals surface area contributed by atoms with Crippen LogP contribution in [0.4, 0.5) is 11.5 Å². The largest absolute Gasteiger partial charge is 0.393 e. The first-order chi connectivity index (χ1) is 11.2. The first-order valence-corrected chi connectivity index (χ1v) is 7.84. The maximum Gasteiger partial charge on any atom is 0.276 e. The summed E-state index contributed by atoms with van der Waals surface area (Å²) in [5.41, 5.74) is 0.983. The number of hydrogen-bond acceptors (Lipinski definition) is 5. The molecule has 3 N–H and O–H groups in total. The molecular formula is C17H20N4O2. The molecule has 23 heavy (non-hydrogen) atoms. The SMILES string of the molecule is O=C(Nc1ccccc1)c1ccc(NCC2CCCC2O)nn1. The van der Waals surface area contributed by atoms with Gasteiger partial charge in [0.15, 0.2) is 5.69 Å². The van der Waals surface area contributed by atoms with E-state index in [2.05, 4.69) is 20.8 Å². The number of aliphatic hydroxyl groups excluding tert-OH is 1. The Hall–Kier alpha value is -2.47. The third-order valence-corrected chi connectivity index (χ3v) is 4.09. The maximum absolute atomic E-state index is 12.1. The van der Waals surface area contributed by atoms with Crippen molar-refractivity contribution in [2.75, 3.05) is 17.2 Å². The summed E-state index contributed by atoms with van der Waals surface area (Å²) in [7, 11) is 0. The average Bonchev–Trinajstić information content (AvgIpc) is 2.99. The van der Waals surface area contributed by atoms with Crippen LogP contribution in [0.1, 0.15) is 29.8 Å². The minimum absolute atomic E-state index is 0.230. The second-order valence-electron chi connectivity index (χ2n) is 5.76. The predicted molar refractivity (Wildman–Crippen MR) is 88.3 cm³/mol. The number of nitrogens with zero attached hydrogens (tertiary/aromatic N) is 2. The highest BCUT2D eigenvalue weighted by Gasteiger charge is 2.24. The number of aromatic nitrogens is 2. The molecule has 1 heterocycles. The molecule has 1 amide bonds. The lowest BCUT2D eigenvalue weighted by Crippen LogP contribution is -2.22. The molecule has 0 bridgehead atoms. The van der Waals surface area contributed by atoms with Crippen molar-refractivity contribution >= 4 is 17.4 Å². The van der Waals surface area contributed by atoms with Crippen molar-refractivity contribution in [3.63, 3.8) is 0 Å². The third-order valence-electron chi connectivity index (χ3n) is 4.09. The Morgan fingerprint density at radius 1 is 1.13 bits per heavy atom. The Labute approximate surface area is 135 Å². The van der Waals surface area contributed by atoms with Gasteiger partial charge in [0.2, 0.25) is 0 Å². The molecule has 1 aromatic heterocycles. The Morgan fingerprint density at radius 3 is 2.61 bits per heavy atom. The van der Waals surface area contributed by atoms with E-state index in [1.54, 1.807) is 12.1 Å². The zero-order chi connectivity index (χ0) is 16.1. The fraction of sp³-hybridized carbons (Fsp3) is 0.353. The first-order valence-electron chi connectivity index (χ1n) is 7.84. The number of nitrogens with one attached hydrogen (secondary N) is 2. The van der Waals surface area contributed by atoms with Crippen LogP contribution < -0.4 is 10.6 Å². The van der Waals surface area contributed by atoms with Gasteiger partial charge in [0.1, 0.15) is 5.82 Å². The minimum atomic E-state index is -0.290. The number of carbonyl (C=O) groups is 1. The summed E-state index contributed by atoms with van der Waals surface area (Å²) in [6, 6.07) is 12.6. The molecular weight excluding hydrogens is 292 g/mol. The normalized spacial score (nSPS) is 20.2. The van der Waals surface area contributed by atoms with E-state index in [4.69, 9.17) is 0 Å². The van der Waals surface area contributed by atoms with Crippen molar-refractivity contribution < 1.29 is 9.90 Å². The van der Waals surface area contributed by atoms with Gasteiger partial charge >= 0.3 is 0 Å². The Bertz CT molecular complexity index is 645. The lowest BCUT2D eigenvalue weighted by molar-refractivity contribution is 0.102. The van der Waals surface area contributed by atoms with Gasteiger partial charge in [-0.15, -0.1) is 10.2 Å². The molecule has 1 fully saturated rings. The van der Waals surface area contributed by atoms with Crippen molar-refractivity contribution in [3.05, 3.63) is 48.2 Å². The molecule has 2 unspecified atom stereocenters. The molecule has 2 atom stereocenters. The van der Waals surface area contributed by atoms with Gasteiger partial charge in [0.25, 0.3) is 5.91 Å². The van der Waals surface area contributed by atoms with Crippen LogP contribution >= 0.6 is 0 Å². The van der Waals surface area contributed by atoms with Gasteiger partial charge in [-0.3, -0.25) is 4.79 Å².